The monoisotopic (exact) mass is 156 g/mol. The molecule has 1 aromatic heterocycles. The molecule has 0 saturated heterocycles. The van der Waals surface area contributed by atoms with Crippen molar-refractivity contribution in [3.8, 4) is 0 Å². The first-order valence-corrected chi connectivity index (χ1v) is 4.75. The lowest BCUT2D eigenvalue weighted by Crippen LogP contribution is -1.65. The molecule has 0 nitrogen and oxygen atoms in total. The Hall–Kier alpha value is -0.300. The number of thiophene rings is 1. The van der Waals surface area contributed by atoms with Gasteiger partial charge in [-0.25, -0.2) is 0 Å². The topological polar surface area (TPSA) is 0 Å². The maximum absolute atomic E-state index is 2.24. The van der Waals surface area contributed by atoms with Crippen LogP contribution in [0.25, 0.3) is 0 Å². The van der Waals surface area contributed by atoms with Crippen molar-refractivity contribution in [1.29, 1.82) is 0 Å². The zero-order chi connectivity index (χ0) is 7.98. The minimum absolute atomic E-state index is 1.18. The second kappa shape index (κ2) is 5.48. The molecule has 1 heteroatoms. The Morgan fingerprint density at radius 3 is 2.20 bits per heavy atom. The molecule has 0 amide bonds. The van der Waals surface area contributed by atoms with E-state index in [1.165, 1.54) is 16.9 Å². The zero-order valence-electron chi connectivity index (χ0n) is 7.27. The van der Waals surface area contributed by atoms with Crippen LogP contribution in [0.3, 0.4) is 0 Å². The molecule has 0 bridgehead atoms. The molecule has 10 heavy (non-hydrogen) atoms. The molecule has 0 spiro atoms. The molecule has 1 rings (SSSR count). The fourth-order valence-electron chi connectivity index (χ4n) is 0.676. The van der Waals surface area contributed by atoms with E-state index < -0.39 is 0 Å². The van der Waals surface area contributed by atoms with Gasteiger partial charge in [-0.2, -0.15) is 0 Å². The predicted molar refractivity (Wildman–Crippen MR) is 49.8 cm³/mol. The Balaban J connectivity index is 0.000000371. The average Bonchev–Trinajstić information content (AvgIpc) is 2.40. The lowest BCUT2D eigenvalue weighted by molar-refractivity contribution is 1.18. The third-order valence-electron chi connectivity index (χ3n) is 1.13. The Morgan fingerprint density at radius 2 is 2.00 bits per heavy atom. The van der Waals surface area contributed by atoms with Crippen LogP contribution in [0.5, 0.6) is 0 Å². The normalized spacial score (nSPS) is 8.40. The lowest BCUT2D eigenvalue weighted by atomic mass is 10.3. The van der Waals surface area contributed by atoms with Crippen LogP contribution in [0.15, 0.2) is 11.4 Å². The van der Waals surface area contributed by atoms with Gasteiger partial charge in [0.15, 0.2) is 0 Å². The van der Waals surface area contributed by atoms with Crippen LogP contribution in [0.4, 0.5) is 0 Å². The standard InChI is InChI=1S/C7H10S.C2H6/c1-3-7-4-6(2)5-8-7;1-2/h4-5H,3H2,1-2H3;1-2H3. The minimum atomic E-state index is 1.18. The number of hydrogen-bond acceptors (Lipinski definition) is 1. The van der Waals surface area contributed by atoms with Crippen molar-refractivity contribution in [3.63, 3.8) is 0 Å². The van der Waals surface area contributed by atoms with E-state index in [2.05, 4.69) is 25.3 Å². The number of hydrogen-bond donors (Lipinski definition) is 0. The van der Waals surface area contributed by atoms with E-state index in [4.69, 9.17) is 0 Å². The van der Waals surface area contributed by atoms with Gasteiger partial charge in [0.1, 0.15) is 0 Å². The van der Waals surface area contributed by atoms with Gasteiger partial charge in [0.2, 0.25) is 0 Å². The van der Waals surface area contributed by atoms with Crippen LogP contribution in [0, 0.1) is 6.92 Å². The Morgan fingerprint density at radius 1 is 1.40 bits per heavy atom. The van der Waals surface area contributed by atoms with E-state index in [1.54, 1.807) is 0 Å². The summed E-state index contributed by atoms with van der Waals surface area (Å²) >= 11 is 1.85. The van der Waals surface area contributed by atoms with Crippen LogP contribution in [-0.2, 0) is 6.42 Å². The molecule has 0 aliphatic rings. The minimum Gasteiger partial charge on any atom is -0.149 e. The highest BCUT2D eigenvalue weighted by atomic mass is 32.1. The maximum atomic E-state index is 2.24. The fourth-order valence-corrected chi connectivity index (χ4v) is 1.50. The van der Waals surface area contributed by atoms with E-state index >= 15 is 0 Å². The van der Waals surface area contributed by atoms with Crippen LogP contribution >= 0.6 is 11.3 Å². The van der Waals surface area contributed by atoms with Gasteiger partial charge in [0.05, 0.1) is 0 Å². The van der Waals surface area contributed by atoms with Crippen LogP contribution in [0.1, 0.15) is 31.2 Å². The summed E-state index contributed by atoms with van der Waals surface area (Å²) in [4.78, 5) is 1.49. The molecule has 1 aromatic rings. The first kappa shape index (κ1) is 9.70. The summed E-state index contributed by atoms with van der Waals surface area (Å²) in [6, 6.07) is 2.24. The van der Waals surface area contributed by atoms with Crippen LogP contribution < -0.4 is 0 Å². The van der Waals surface area contributed by atoms with Crippen LogP contribution in [0.2, 0.25) is 0 Å². The molecule has 0 radical (unpaired) electrons. The van der Waals surface area contributed by atoms with Crippen molar-refractivity contribution in [2.45, 2.75) is 34.1 Å². The third-order valence-corrected chi connectivity index (χ3v) is 2.33. The summed E-state index contributed by atoms with van der Waals surface area (Å²) in [5, 5.41) is 2.19. The average molecular weight is 156 g/mol. The highest BCUT2D eigenvalue weighted by molar-refractivity contribution is 7.10. The summed E-state index contributed by atoms with van der Waals surface area (Å²) in [7, 11) is 0. The molecule has 58 valence electrons. The molecular formula is C9H16S. The molecule has 0 atom stereocenters. The first-order valence-electron chi connectivity index (χ1n) is 3.87. The predicted octanol–water partition coefficient (Wildman–Crippen LogP) is 3.65. The van der Waals surface area contributed by atoms with Gasteiger partial charge in [0, 0.05) is 4.88 Å². The Bertz CT molecular complexity index is 165. The summed E-state index contributed by atoms with van der Waals surface area (Å²) < 4.78 is 0. The molecule has 0 unspecified atom stereocenters. The van der Waals surface area contributed by atoms with E-state index in [0.717, 1.165) is 0 Å². The molecule has 0 aromatic carbocycles. The van der Waals surface area contributed by atoms with Gasteiger partial charge in [0.25, 0.3) is 0 Å². The van der Waals surface area contributed by atoms with Crippen molar-refractivity contribution >= 4 is 11.3 Å². The van der Waals surface area contributed by atoms with E-state index in [-0.39, 0.29) is 0 Å². The maximum Gasteiger partial charge on any atom is 0.00452 e. The van der Waals surface area contributed by atoms with Crippen molar-refractivity contribution in [2.75, 3.05) is 0 Å². The molecule has 1 heterocycles. The quantitative estimate of drug-likeness (QED) is 0.582. The summed E-state index contributed by atoms with van der Waals surface area (Å²) in [5.74, 6) is 0. The molecule has 0 fully saturated rings. The fraction of sp³-hybridized carbons (Fsp3) is 0.556. The van der Waals surface area contributed by atoms with Crippen LogP contribution in [-0.4, -0.2) is 0 Å². The summed E-state index contributed by atoms with van der Waals surface area (Å²) in [6.45, 7) is 8.32. The Labute approximate surface area is 67.9 Å². The number of aryl methyl sites for hydroxylation is 2. The van der Waals surface area contributed by atoms with Gasteiger partial charge >= 0.3 is 0 Å². The lowest BCUT2D eigenvalue weighted by Gasteiger charge is -1.79. The van der Waals surface area contributed by atoms with E-state index in [1.807, 2.05) is 25.2 Å². The van der Waals surface area contributed by atoms with Crippen molar-refractivity contribution in [3.05, 3.63) is 21.9 Å². The van der Waals surface area contributed by atoms with E-state index in [9.17, 15) is 0 Å². The molecule has 0 saturated carbocycles. The smallest absolute Gasteiger partial charge is 0.00452 e. The van der Waals surface area contributed by atoms with Gasteiger partial charge in [-0.1, -0.05) is 20.8 Å². The highest BCUT2D eigenvalue weighted by Crippen LogP contribution is 2.12. The molecular weight excluding hydrogens is 140 g/mol. The van der Waals surface area contributed by atoms with Crippen molar-refractivity contribution in [2.24, 2.45) is 0 Å². The largest absolute Gasteiger partial charge is 0.149 e. The number of rotatable bonds is 1. The molecule has 0 N–H and O–H groups in total. The van der Waals surface area contributed by atoms with E-state index in [0.29, 0.717) is 0 Å². The second-order valence-corrected chi connectivity index (χ2v) is 2.94. The third kappa shape index (κ3) is 3.02. The Kier molecular flexibility index (Phi) is 5.32. The molecule has 0 aliphatic carbocycles. The SMILES string of the molecule is CC.CCc1cc(C)cs1. The second-order valence-electron chi connectivity index (χ2n) is 1.94. The summed E-state index contributed by atoms with van der Waals surface area (Å²) in [6.07, 6.45) is 1.18. The first-order chi connectivity index (χ1) is 4.83. The summed E-state index contributed by atoms with van der Waals surface area (Å²) in [5.41, 5.74) is 1.40. The van der Waals surface area contributed by atoms with Crippen molar-refractivity contribution < 1.29 is 0 Å². The molecule has 0 aliphatic heterocycles. The highest BCUT2D eigenvalue weighted by Gasteiger charge is 1.89. The van der Waals surface area contributed by atoms with Gasteiger partial charge < -0.3 is 0 Å². The zero-order valence-corrected chi connectivity index (χ0v) is 8.09. The van der Waals surface area contributed by atoms with Gasteiger partial charge in [-0.15, -0.1) is 11.3 Å². The van der Waals surface area contributed by atoms with Crippen molar-refractivity contribution in [1.82, 2.24) is 0 Å². The van der Waals surface area contributed by atoms with Gasteiger partial charge in [-0.05, 0) is 30.4 Å². The van der Waals surface area contributed by atoms with Gasteiger partial charge in [-0.3, -0.25) is 0 Å².